The van der Waals surface area contributed by atoms with E-state index in [0.717, 1.165) is 6.54 Å². The molecule has 116 valence electrons. The summed E-state index contributed by atoms with van der Waals surface area (Å²) in [6.45, 7) is 4.81. The molecule has 0 aliphatic rings. The lowest BCUT2D eigenvalue weighted by molar-refractivity contribution is -0.00000428. The molecule has 0 bridgehead atoms. The number of benzene rings is 3. The maximum Gasteiger partial charge on any atom is 0.143 e. The quantitative estimate of drug-likeness (QED) is 0.501. The molecule has 0 atom stereocenters. The van der Waals surface area contributed by atoms with E-state index in [0.29, 0.717) is 4.48 Å². The molecule has 3 aromatic carbocycles. The molecule has 0 spiro atoms. The third kappa shape index (κ3) is 3.21. The fourth-order valence-corrected chi connectivity index (χ4v) is 3.00. The summed E-state index contributed by atoms with van der Waals surface area (Å²) < 4.78 is 0.645. The van der Waals surface area contributed by atoms with Crippen molar-refractivity contribution in [1.29, 1.82) is 0 Å². The molecule has 2 heteroatoms. The third-order valence-electron chi connectivity index (χ3n) is 3.99. The summed E-state index contributed by atoms with van der Waals surface area (Å²) in [5.41, 5.74) is 3.71. The number of halogens is 1. The molecule has 0 aliphatic heterocycles. The second kappa shape index (κ2) is 7.77. The van der Waals surface area contributed by atoms with Gasteiger partial charge in [-0.2, -0.15) is 0 Å². The molecule has 0 radical (unpaired) electrons. The summed E-state index contributed by atoms with van der Waals surface area (Å²) in [6, 6.07) is 31.8. The Balaban J connectivity index is 0.00000192. The van der Waals surface area contributed by atoms with Gasteiger partial charge in [0.1, 0.15) is 23.6 Å². The van der Waals surface area contributed by atoms with E-state index >= 15 is 0 Å². The van der Waals surface area contributed by atoms with Gasteiger partial charge >= 0.3 is 0 Å². The molecule has 0 N–H and O–H groups in total. The van der Waals surface area contributed by atoms with Crippen LogP contribution in [0.5, 0.6) is 0 Å². The lowest BCUT2D eigenvalue weighted by atomic mass is 10.1. The van der Waals surface area contributed by atoms with E-state index in [4.69, 9.17) is 0 Å². The van der Waals surface area contributed by atoms with E-state index in [1.807, 2.05) is 6.08 Å². The van der Waals surface area contributed by atoms with Gasteiger partial charge in [-0.25, -0.2) is 4.48 Å². The fraction of sp³-hybridized carbons (Fsp3) is 0.0476. The van der Waals surface area contributed by atoms with E-state index in [-0.39, 0.29) is 12.4 Å². The van der Waals surface area contributed by atoms with Crippen LogP contribution >= 0.6 is 0 Å². The van der Waals surface area contributed by atoms with Crippen LogP contribution in [0.1, 0.15) is 0 Å². The SMILES string of the molecule is C=CC[N+](c1ccccc1)(c1ccccc1)c1ccccc1.[Cl-]. The number of rotatable bonds is 5. The Bertz CT molecular complexity index is 627. The van der Waals surface area contributed by atoms with E-state index in [1.165, 1.54) is 17.1 Å². The van der Waals surface area contributed by atoms with Crippen LogP contribution in [0.3, 0.4) is 0 Å². The minimum absolute atomic E-state index is 0. The van der Waals surface area contributed by atoms with Crippen LogP contribution < -0.4 is 16.9 Å². The predicted octanol–water partition coefficient (Wildman–Crippen LogP) is 2.85. The normalized spacial score (nSPS) is 10.6. The number of nitrogens with zero attached hydrogens (tertiary/aromatic N) is 1. The highest BCUT2D eigenvalue weighted by atomic mass is 35.5. The summed E-state index contributed by atoms with van der Waals surface area (Å²) in [5.74, 6) is 0. The van der Waals surface area contributed by atoms with Crippen molar-refractivity contribution in [3.05, 3.63) is 104 Å². The van der Waals surface area contributed by atoms with E-state index in [1.54, 1.807) is 0 Å². The zero-order chi connectivity index (χ0) is 15.3. The zero-order valence-corrected chi connectivity index (χ0v) is 13.7. The molecule has 0 fully saturated rings. The Morgan fingerprint density at radius 3 is 1.17 bits per heavy atom. The molecule has 0 saturated carbocycles. The monoisotopic (exact) mass is 321 g/mol. The Labute approximate surface area is 144 Å². The summed E-state index contributed by atoms with van der Waals surface area (Å²) in [6.07, 6.45) is 1.99. The Hall–Kier alpha value is -2.35. The molecular formula is C21H20ClN. The molecule has 0 aromatic heterocycles. The van der Waals surface area contributed by atoms with Gasteiger partial charge in [0.05, 0.1) is 0 Å². The van der Waals surface area contributed by atoms with Crippen LogP contribution in [-0.4, -0.2) is 6.54 Å². The summed E-state index contributed by atoms with van der Waals surface area (Å²) >= 11 is 0. The first-order valence-electron chi connectivity index (χ1n) is 7.54. The van der Waals surface area contributed by atoms with Crippen LogP contribution in [-0.2, 0) is 0 Å². The summed E-state index contributed by atoms with van der Waals surface area (Å²) in [7, 11) is 0. The fourth-order valence-electron chi connectivity index (χ4n) is 3.00. The number of para-hydroxylation sites is 3. The smallest absolute Gasteiger partial charge is 0.143 e. The van der Waals surface area contributed by atoms with Crippen LogP contribution in [0.25, 0.3) is 0 Å². The van der Waals surface area contributed by atoms with Gasteiger partial charge in [-0.15, -0.1) is 0 Å². The minimum Gasteiger partial charge on any atom is -1.00 e. The van der Waals surface area contributed by atoms with Crippen molar-refractivity contribution >= 4 is 17.1 Å². The van der Waals surface area contributed by atoms with Crippen molar-refractivity contribution in [3.63, 3.8) is 0 Å². The molecule has 0 aliphatic carbocycles. The largest absolute Gasteiger partial charge is 1.00 e. The van der Waals surface area contributed by atoms with Gasteiger partial charge in [0.2, 0.25) is 0 Å². The van der Waals surface area contributed by atoms with Crippen LogP contribution in [0, 0.1) is 0 Å². The van der Waals surface area contributed by atoms with Gasteiger partial charge in [0, 0.05) is 0 Å². The Morgan fingerprint density at radius 1 is 0.609 bits per heavy atom. The first kappa shape index (κ1) is 17.0. The van der Waals surface area contributed by atoms with Crippen molar-refractivity contribution in [3.8, 4) is 0 Å². The Morgan fingerprint density at radius 2 is 0.913 bits per heavy atom. The molecule has 3 aromatic rings. The highest BCUT2D eigenvalue weighted by Crippen LogP contribution is 2.43. The lowest BCUT2D eigenvalue weighted by Gasteiger charge is -2.36. The first-order valence-corrected chi connectivity index (χ1v) is 7.54. The maximum atomic E-state index is 4.01. The van der Waals surface area contributed by atoms with E-state index < -0.39 is 0 Å². The minimum atomic E-state index is 0. The second-order valence-corrected chi connectivity index (χ2v) is 5.29. The van der Waals surface area contributed by atoms with Crippen LogP contribution in [0.2, 0.25) is 0 Å². The summed E-state index contributed by atoms with van der Waals surface area (Å²) in [4.78, 5) is 0. The van der Waals surface area contributed by atoms with E-state index in [9.17, 15) is 0 Å². The van der Waals surface area contributed by atoms with Gasteiger partial charge in [-0.3, -0.25) is 0 Å². The van der Waals surface area contributed by atoms with Crippen molar-refractivity contribution in [1.82, 2.24) is 4.48 Å². The average Bonchev–Trinajstić information content (AvgIpc) is 2.62. The topological polar surface area (TPSA) is 0 Å². The molecular weight excluding hydrogens is 302 g/mol. The molecule has 0 heterocycles. The average molecular weight is 322 g/mol. The standard InChI is InChI=1S/C21H20N.ClH/c1-2-18-22(19-12-6-3-7-13-19,20-14-8-4-9-15-20)21-16-10-5-11-17-21;/h2-17H,1,18H2;1H/q+1;/p-1. The molecule has 1 nitrogen and oxygen atoms in total. The van der Waals surface area contributed by atoms with Gasteiger partial charge in [0.25, 0.3) is 0 Å². The number of hydrogen-bond acceptors (Lipinski definition) is 0. The molecule has 0 amide bonds. The van der Waals surface area contributed by atoms with E-state index in [2.05, 4.69) is 97.6 Å². The van der Waals surface area contributed by atoms with Crippen molar-refractivity contribution in [2.75, 3.05) is 6.54 Å². The lowest BCUT2D eigenvalue weighted by Crippen LogP contribution is -3.00. The van der Waals surface area contributed by atoms with Crippen LogP contribution in [0.4, 0.5) is 17.1 Å². The molecule has 0 unspecified atom stereocenters. The zero-order valence-electron chi connectivity index (χ0n) is 13.0. The van der Waals surface area contributed by atoms with Gasteiger partial charge in [0.15, 0.2) is 0 Å². The van der Waals surface area contributed by atoms with Crippen LogP contribution in [0.15, 0.2) is 104 Å². The molecule has 23 heavy (non-hydrogen) atoms. The molecule has 0 saturated heterocycles. The highest BCUT2D eigenvalue weighted by molar-refractivity contribution is 5.71. The summed E-state index contributed by atoms with van der Waals surface area (Å²) in [5, 5.41) is 0. The number of hydrogen-bond donors (Lipinski definition) is 0. The van der Waals surface area contributed by atoms with Crippen molar-refractivity contribution in [2.24, 2.45) is 0 Å². The maximum absolute atomic E-state index is 4.01. The second-order valence-electron chi connectivity index (χ2n) is 5.29. The highest BCUT2D eigenvalue weighted by Gasteiger charge is 2.34. The molecule has 3 rings (SSSR count). The Kier molecular flexibility index (Phi) is 5.75. The first-order chi connectivity index (χ1) is 10.9. The van der Waals surface area contributed by atoms with Gasteiger partial charge in [-0.1, -0.05) is 61.2 Å². The number of quaternary nitrogens is 1. The van der Waals surface area contributed by atoms with Gasteiger partial charge < -0.3 is 12.4 Å². The van der Waals surface area contributed by atoms with Crippen molar-refractivity contribution < 1.29 is 12.4 Å². The third-order valence-corrected chi connectivity index (χ3v) is 3.99. The van der Waals surface area contributed by atoms with Gasteiger partial charge in [-0.05, 0) is 42.5 Å². The predicted molar refractivity (Wildman–Crippen MR) is 95.5 cm³/mol. The van der Waals surface area contributed by atoms with Crippen molar-refractivity contribution in [2.45, 2.75) is 0 Å².